The fourth-order valence-electron chi connectivity index (χ4n) is 2.76. The Kier molecular flexibility index (Phi) is 6.33. The molecule has 0 saturated carbocycles. The van der Waals surface area contributed by atoms with Crippen LogP contribution < -0.4 is 10.7 Å². The van der Waals surface area contributed by atoms with Crippen LogP contribution in [0.4, 0.5) is 10.1 Å². The van der Waals surface area contributed by atoms with Gasteiger partial charge in [0.05, 0.1) is 18.5 Å². The van der Waals surface area contributed by atoms with E-state index >= 15 is 0 Å². The molecule has 2 N–H and O–H groups in total. The molecule has 0 atom stereocenters. The van der Waals surface area contributed by atoms with Crippen LogP contribution in [0, 0.1) is 5.82 Å². The summed E-state index contributed by atoms with van der Waals surface area (Å²) in [5.74, 6) is -0.216. The number of hydrogen-bond donors (Lipinski definition) is 2. The van der Waals surface area contributed by atoms with E-state index in [1.807, 2.05) is 47.2 Å². The fraction of sp³-hybridized carbons (Fsp3) is 0.143. The first-order valence-electron chi connectivity index (χ1n) is 8.74. The van der Waals surface area contributed by atoms with Crippen molar-refractivity contribution in [2.75, 3.05) is 5.32 Å². The number of nitrogens with zero attached hydrogens (tertiary/aromatic N) is 2. The van der Waals surface area contributed by atoms with Gasteiger partial charge in [-0.15, -0.1) is 0 Å². The summed E-state index contributed by atoms with van der Waals surface area (Å²) in [6.07, 6.45) is 4.47. The molecular weight excluding hydrogens is 359 g/mol. The van der Waals surface area contributed by atoms with Crippen LogP contribution in [-0.2, 0) is 13.0 Å². The number of hydrogen-bond acceptors (Lipinski definition) is 2. The molecule has 0 aliphatic heterocycles. The van der Waals surface area contributed by atoms with Crippen molar-refractivity contribution in [2.24, 2.45) is 5.10 Å². The van der Waals surface area contributed by atoms with E-state index in [-0.39, 0.29) is 5.82 Å². The monoisotopic (exact) mass is 380 g/mol. The van der Waals surface area contributed by atoms with Gasteiger partial charge in [0.2, 0.25) is 0 Å². The topological polar surface area (TPSA) is 41.4 Å². The van der Waals surface area contributed by atoms with Crippen molar-refractivity contribution >= 4 is 29.2 Å². The van der Waals surface area contributed by atoms with Gasteiger partial charge in [0.15, 0.2) is 5.11 Å². The molecule has 138 valence electrons. The zero-order valence-electron chi connectivity index (χ0n) is 15.0. The molecule has 6 heteroatoms. The molecule has 0 spiro atoms. The van der Waals surface area contributed by atoms with E-state index in [9.17, 15) is 4.39 Å². The molecule has 0 bridgehead atoms. The first kappa shape index (κ1) is 18.8. The Morgan fingerprint density at radius 2 is 1.81 bits per heavy atom. The van der Waals surface area contributed by atoms with Gasteiger partial charge in [0, 0.05) is 17.4 Å². The molecule has 3 rings (SSSR count). The third-order valence-corrected chi connectivity index (χ3v) is 4.37. The number of thiocarbonyl (C=S) groups is 1. The molecule has 1 aromatic heterocycles. The van der Waals surface area contributed by atoms with Crippen molar-refractivity contribution in [1.29, 1.82) is 0 Å². The van der Waals surface area contributed by atoms with Crippen LogP contribution in [0.25, 0.3) is 0 Å². The number of anilines is 1. The molecule has 0 fully saturated rings. The maximum atomic E-state index is 13.9. The molecule has 0 unspecified atom stereocenters. The molecule has 0 aliphatic carbocycles. The van der Waals surface area contributed by atoms with Crippen molar-refractivity contribution in [3.63, 3.8) is 0 Å². The Labute approximate surface area is 163 Å². The summed E-state index contributed by atoms with van der Waals surface area (Å²) < 4.78 is 15.8. The Morgan fingerprint density at radius 3 is 2.59 bits per heavy atom. The molecule has 2 aromatic carbocycles. The molecule has 27 heavy (non-hydrogen) atoms. The number of aryl methyl sites for hydroxylation is 1. The highest BCUT2D eigenvalue weighted by molar-refractivity contribution is 7.80. The van der Waals surface area contributed by atoms with Crippen molar-refractivity contribution < 1.29 is 4.39 Å². The molecular formula is C21H21FN4S. The summed E-state index contributed by atoms with van der Waals surface area (Å²) >= 11 is 5.30. The maximum absolute atomic E-state index is 13.9. The predicted molar refractivity (Wildman–Crippen MR) is 113 cm³/mol. The van der Waals surface area contributed by atoms with Crippen LogP contribution >= 0.6 is 12.2 Å². The normalized spacial score (nSPS) is 10.9. The molecule has 0 amide bonds. The van der Waals surface area contributed by atoms with E-state index in [2.05, 4.69) is 28.8 Å². The minimum atomic E-state index is -0.216. The molecule has 4 nitrogen and oxygen atoms in total. The number of para-hydroxylation sites is 1. The van der Waals surface area contributed by atoms with Crippen LogP contribution in [0.1, 0.15) is 23.7 Å². The number of halogens is 1. The first-order valence-corrected chi connectivity index (χ1v) is 9.14. The van der Waals surface area contributed by atoms with Crippen LogP contribution in [-0.4, -0.2) is 15.9 Å². The van der Waals surface area contributed by atoms with E-state index < -0.39 is 0 Å². The molecule has 1 heterocycles. The minimum absolute atomic E-state index is 0.216. The lowest BCUT2D eigenvalue weighted by Crippen LogP contribution is -2.24. The summed E-state index contributed by atoms with van der Waals surface area (Å²) in [5, 5.41) is 7.77. The third kappa shape index (κ3) is 5.01. The highest BCUT2D eigenvalue weighted by atomic mass is 32.1. The number of hydrazone groups is 1. The number of nitrogens with one attached hydrogen (secondary N) is 2. The number of benzene rings is 2. The number of rotatable bonds is 6. The maximum Gasteiger partial charge on any atom is 0.191 e. The molecule has 3 aromatic rings. The third-order valence-electron chi connectivity index (χ3n) is 4.17. The Morgan fingerprint density at radius 1 is 1.07 bits per heavy atom. The molecule has 0 aliphatic rings. The average Bonchev–Trinajstić information content (AvgIpc) is 3.11. The van der Waals surface area contributed by atoms with E-state index in [0.717, 1.165) is 17.8 Å². The SMILES string of the molecule is CCc1ccccc1NC(=S)N/N=C\c1cccn1Cc1ccccc1F. The first-order chi connectivity index (χ1) is 13.2. The second kappa shape index (κ2) is 9.09. The van der Waals surface area contributed by atoms with Gasteiger partial charge < -0.3 is 9.88 Å². The van der Waals surface area contributed by atoms with E-state index in [4.69, 9.17) is 12.2 Å². The zero-order chi connectivity index (χ0) is 19.1. The highest BCUT2D eigenvalue weighted by Gasteiger charge is 2.05. The van der Waals surface area contributed by atoms with Gasteiger partial charge in [0.25, 0.3) is 0 Å². The quantitative estimate of drug-likeness (QED) is 0.374. The lowest BCUT2D eigenvalue weighted by molar-refractivity contribution is 0.599. The van der Waals surface area contributed by atoms with Gasteiger partial charge in [0.1, 0.15) is 5.82 Å². The van der Waals surface area contributed by atoms with Crippen molar-refractivity contribution in [3.8, 4) is 0 Å². The smallest absolute Gasteiger partial charge is 0.191 e. The van der Waals surface area contributed by atoms with E-state index in [1.165, 1.54) is 11.6 Å². The van der Waals surface area contributed by atoms with E-state index in [1.54, 1.807) is 18.3 Å². The second-order valence-corrected chi connectivity index (χ2v) is 6.40. The van der Waals surface area contributed by atoms with Gasteiger partial charge >= 0.3 is 0 Å². The lowest BCUT2D eigenvalue weighted by atomic mass is 10.1. The summed E-state index contributed by atoms with van der Waals surface area (Å²) in [6.45, 7) is 2.53. The van der Waals surface area contributed by atoms with Crippen molar-refractivity contribution in [1.82, 2.24) is 9.99 Å². The molecule has 0 radical (unpaired) electrons. The number of aromatic nitrogens is 1. The van der Waals surface area contributed by atoms with Crippen molar-refractivity contribution in [3.05, 3.63) is 89.5 Å². The standard InChI is InChI=1S/C21H21FN4S/c1-2-16-8-4-6-12-20(16)24-21(27)25-23-14-18-10-7-13-26(18)15-17-9-3-5-11-19(17)22/h3-14H,2,15H2,1H3,(H2,24,25,27)/b23-14-. The van der Waals surface area contributed by atoms with Gasteiger partial charge in [-0.1, -0.05) is 43.3 Å². The van der Waals surface area contributed by atoms with Crippen LogP contribution in [0.15, 0.2) is 72.0 Å². The van der Waals surface area contributed by atoms with Gasteiger partial charge in [-0.25, -0.2) is 4.39 Å². The van der Waals surface area contributed by atoms with E-state index in [0.29, 0.717) is 17.2 Å². The average molecular weight is 380 g/mol. The summed E-state index contributed by atoms with van der Waals surface area (Å²) in [7, 11) is 0. The van der Waals surface area contributed by atoms with Crippen LogP contribution in [0.5, 0.6) is 0 Å². The minimum Gasteiger partial charge on any atom is -0.342 e. The second-order valence-electron chi connectivity index (χ2n) is 5.99. The van der Waals surface area contributed by atoms with Crippen molar-refractivity contribution in [2.45, 2.75) is 19.9 Å². The summed E-state index contributed by atoms with van der Waals surface area (Å²) in [5.41, 5.74) is 6.46. The van der Waals surface area contributed by atoms with Gasteiger partial charge in [-0.05, 0) is 48.5 Å². The predicted octanol–water partition coefficient (Wildman–Crippen LogP) is 4.56. The van der Waals surface area contributed by atoms with Crippen LogP contribution in [0.2, 0.25) is 0 Å². The Balaban J connectivity index is 1.61. The largest absolute Gasteiger partial charge is 0.342 e. The lowest BCUT2D eigenvalue weighted by Gasteiger charge is -2.11. The van der Waals surface area contributed by atoms with Gasteiger partial charge in [-0.2, -0.15) is 5.10 Å². The zero-order valence-corrected chi connectivity index (χ0v) is 15.8. The molecule has 0 saturated heterocycles. The highest BCUT2D eigenvalue weighted by Crippen LogP contribution is 2.15. The Bertz CT molecular complexity index is 949. The van der Waals surface area contributed by atoms with Crippen LogP contribution in [0.3, 0.4) is 0 Å². The summed E-state index contributed by atoms with van der Waals surface area (Å²) in [6, 6.07) is 18.6. The van der Waals surface area contributed by atoms with Gasteiger partial charge in [-0.3, -0.25) is 5.43 Å². The summed E-state index contributed by atoms with van der Waals surface area (Å²) in [4.78, 5) is 0. The fourth-order valence-corrected chi connectivity index (χ4v) is 2.92. The Hall–Kier alpha value is -2.99.